The van der Waals surface area contributed by atoms with E-state index in [9.17, 15) is 128 Å². The molecule has 0 spiro atoms. The van der Waals surface area contributed by atoms with Gasteiger partial charge >= 0.3 is 87.5 Å². The third-order valence-corrected chi connectivity index (χ3v) is 24.7. The van der Waals surface area contributed by atoms with Crippen LogP contribution in [0.3, 0.4) is 0 Å². The van der Waals surface area contributed by atoms with Crippen LogP contribution in [0.15, 0.2) is 47.1 Å². The second kappa shape index (κ2) is 34.5. The van der Waals surface area contributed by atoms with Gasteiger partial charge in [-0.05, 0) is 34.6 Å². The minimum atomic E-state index is -5.83. The van der Waals surface area contributed by atoms with E-state index in [2.05, 4.69) is 62.3 Å². The molecule has 3 aliphatic rings. The largest absolute Gasteiger partial charge is 0.490 e. The molecule has 21 atom stereocenters. The number of phosphoric acid groups is 9. The van der Waals surface area contributed by atoms with E-state index >= 15 is 0 Å². The predicted octanol–water partition coefficient (Wildman–Crippen LogP) is -5.40. The Kier molecular flexibility index (Phi) is 30.4. The quantitative estimate of drug-likeness (QED) is 0.0294. The Hall–Kier alpha value is -4.69. The number of aromatic nitrogens is 7. The van der Waals surface area contributed by atoms with Gasteiger partial charge in [-0.3, -0.25) is 52.0 Å². The maximum Gasteiger partial charge on any atom is 0.490 e. The fourth-order valence-electron chi connectivity index (χ4n) is 9.20. The maximum atomic E-state index is 12.7. The highest BCUT2D eigenvalue weighted by Gasteiger charge is 2.61. The van der Waals surface area contributed by atoms with Crippen molar-refractivity contribution in [2.75, 3.05) is 20.0 Å². The van der Waals surface area contributed by atoms with Crippen molar-refractivity contribution in [3.63, 3.8) is 0 Å². The van der Waals surface area contributed by atoms with Crippen molar-refractivity contribution in [3.05, 3.63) is 92.2 Å². The third-order valence-electron chi connectivity index (χ3n) is 12.9. The van der Waals surface area contributed by atoms with Gasteiger partial charge in [0.25, 0.3) is 16.7 Å². The van der Waals surface area contributed by atoms with Gasteiger partial charge in [-0.2, -0.15) is 35.6 Å². The summed E-state index contributed by atoms with van der Waals surface area (Å²) in [5.41, 5.74) is 5.68. The molecular weight excluding hydrogens is 1630 g/mol. The SMILES string of the molecule is C[C@@H](OP(=O)(O)OP(=O)(O)OP(=O)(O)O)[C@H]1O[C@@H](n2ncc(=O)[nH]c2=O)C(N)(C#CCF)[C@H]1O.Cc1cc(=O)[nH]c(=O)n1[C@@H]1O[C@H]([C@@H](C)OP(=O)(O)OP(=O)(O)OP(=O)(O)O)[C@H](O)C1(N)C#CCF.Cc1cc(=O)[nH]c(=O)n1[C@@H]1O[C@H]([C@H](C)OP(=O)(O)OP(=O)(O)OP(=O)(O)O)[C@H](O)C1(N)C#CCF. The van der Waals surface area contributed by atoms with Gasteiger partial charge in [0.2, 0.25) is 0 Å². The molecule has 6 heterocycles. The van der Waals surface area contributed by atoms with Crippen LogP contribution < -0.4 is 50.9 Å². The van der Waals surface area contributed by atoms with Crippen LogP contribution in [-0.2, 0) is 94.7 Å². The van der Waals surface area contributed by atoms with Crippen molar-refractivity contribution in [3.8, 4) is 35.5 Å². The number of halogens is 3. The van der Waals surface area contributed by atoms with Crippen LogP contribution in [0.5, 0.6) is 0 Å². The Balaban J connectivity index is 0.000000330. The number of aliphatic hydroxyl groups is 3. The number of ether oxygens (including phenoxy) is 3. The summed E-state index contributed by atoms with van der Waals surface area (Å²) in [6.45, 7) is 1.85. The van der Waals surface area contributed by atoms with Gasteiger partial charge in [0.05, 0.1) is 18.3 Å². The summed E-state index contributed by atoms with van der Waals surface area (Å²) in [6, 6.07) is 1.95. The molecule has 3 aromatic heterocycles. The Labute approximate surface area is 574 Å². The second-order valence-corrected chi connectivity index (χ2v) is 33.9. The van der Waals surface area contributed by atoms with Crippen molar-refractivity contribution in [2.45, 2.75) is 125 Å². The number of hydrogen-bond acceptors (Lipinski definition) is 34. The van der Waals surface area contributed by atoms with E-state index < -0.39 is 214 Å². The summed E-state index contributed by atoms with van der Waals surface area (Å²) in [5, 5.41) is 35.7. The molecule has 104 heavy (non-hydrogen) atoms. The fourth-order valence-corrected chi connectivity index (χ4v) is 18.8. The van der Waals surface area contributed by atoms with Crippen molar-refractivity contribution < 1.29 is 182 Å². The Morgan fingerprint density at radius 3 is 0.971 bits per heavy atom. The van der Waals surface area contributed by atoms with Crippen molar-refractivity contribution in [1.29, 1.82) is 0 Å². The average Bonchev–Trinajstić information content (AvgIpc) is 1.60. The van der Waals surface area contributed by atoms with E-state index in [-0.39, 0.29) is 11.4 Å². The molecule has 64 heteroatoms. The van der Waals surface area contributed by atoms with E-state index in [4.69, 9.17) is 60.8 Å². The number of aliphatic hydroxyl groups excluding tert-OH is 3. The van der Waals surface area contributed by atoms with Crippen molar-refractivity contribution >= 4 is 70.4 Å². The molecule has 0 aliphatic carbocycles. The first-order chi connectivity index (χ1) is 47.0. The minimum Gasteiger partial charge on any atom is -0.387 e. The minimum absolute atomic E-state index is 0.0194. The highest BCUT2D eigenvalue weighted by Crippen LogP contribution is 2.69. The fraction of sp³-hybridized carbons (Fsp3) is 0.575. The molecule has 3 saturated heterocycles. The smallest absolute Gasteiger partial charge is 0.387 e. The zero-order valence-corrected chi connectivity index (χ0v) is 60.2. The van der Waals surface area contributed by atoms with Gasteiger partial charge in [-0.1, -0.05) is 35.5 Å². The molecule has 0 bridgehead atoms. The molecule has 3 fully saturated rings. The van der Waals surface area contributed by atoms with Gasteiger partial charge in [0, 0.05) is 23.5 Å². The van der Waals surface area contributed by atoms with Crippen LogP contribution in [0, 0.1) is 49.4 Å². The number of alkyl halides is 3. The number of aryl methyl sites for hydroxylation is 2. The summed E-state index contributed by atoms with van der Waals surface area (Å²) in [5.74, 6) is 12.4. The highest BCUT2D eigenvalue weighted by molar-refractivity contribution is 7.67. The number of rotatable bonds is 24. The summed E-state index contributed by atoms with van der Waals surface area (Å²) < 4.78 is 195. The van der Waals surface area contributed by atoms with Crippen molar-refractivity contribution in [2.24, 2.45) is 17.2 Å². The molecule has 52 nitrogen and oxygen atoms in total. The summed E-state index contributed by atoms with van der Waals surface area (Å²) in [4.78, 5) is 185. The maximum absolute atomic E-state index is 12.7. The Morgan fingerprint density at radius 2 is 0.721 bits per heavy atom. The number of nitrogens with one attached hydrogen (secondary N) is 3. The lowest BCUT2D eigenvalue weighted by Gasteiger charge is -2.29. The summed E-state index contributed by atoms with van der Waals surface area (Å²) in [6.07, 6.45) is -21.1. The zero-order valence-electron chi connectivity index (χ0n) is 52.2. The van der Waals surface area contributed by atoms with E-state index in [1.54, 1.807) is 0 Å². The van der Waals surface area contributed by atoms with E-state index in [0.717, 1.165) is 42.0 Å². The van der Waals surface area contributed by atoms with E-state index in [0.29, 0.717) is 10.9 Å². The average molecular weight is 1690 g/mol. The molecule has 0 saturated carbocycles. The first kappa shape index (κ1) is 91.7. The lowest BCUT2D eigenvalue weighted by atomic mass is 9.90. The van der Waals surface area contributed by atoms with Crippen LogP contribution in [0.1, 0.15) is 50.8 Å². The molecule has 9 unspecified atom stereocenters. The summed E-state index contributed by atoms with van der Waals surface area (Å²) >= 11 is 0. The monoisotopic (exact) mass is 1690 g/mol. The van der Waals surface area contributed by atoms with Gasteiger partial charge in [0.15, 0.2) is 35.3 Å². The zero-order chi connectivity index (χ0) is 80.1. The molecule has 24 N–H and O–H groups in total. The number of H-pyrrole nitrogens is 3. The predicted molar refractivity (Wildman–Crippen MR) is 326 cm³/mol. The third kappa shape index (κ3) is 24.9. The molecule has 0 amide bonds. The van der Waals surface area contributed by atoms with E-state index in [1.807, 2.05) is 32.7 Å². The van der Waals surface area contributed by atoms with Crippen LogP contribution in [0.25, 0.3) is 0 Å². The molecule has 3 aliphatic heterocycles. The van der Waals surface area contributed by atoms with Gasteiger partial charge < -0.3 is 105 Å². The molecule has 588 valence electrons. The van der Waals surface area contributed by atoms with Gasteiger partial charge in [0.1, 0.15) is 62.8 Å². The van der Waals surface area contributed by atoms with E-state index in [1.165, 1.54) is 13.8 Å². The molecular formula is C40H60F3N10O42P9. The number of phosphoric ester groups is 3. The first-order valence-electron chi connectivity index (χ1n) is 26.9. The number of nitrogens with two attached hydrogens (primary N) is 3. The van der Waals surface area contributed by atoms with Crippen LogP contribution in [0.2, 0.25) is 0 Å². The molecule has 0 aromatic carbocycles. The Morgan fingerprint density at radius 1 is 0.462 bits per heavy atom. The van der Waals surface area contributed by atoms with Gasteiger partial charge in [-0.15, -0.1) is 0 Å². The Bertz CT molecular complexity index is 4530. The molecule has 0 radical (unpaired) electrons. The summed E-state index contributed by atoms with van der Waals surface area (Å²) in [7, 11) is -51.3. The van der Waals surface area contributed by atoms with Gasteiger partial charge in [-0.25, -0.2) is 68.6 Å². The lowest BCUT2D eigenvalue weighted by molar-refractivity contribution is -0.0794. The van der Waals surface area contributed by atoms with Crippen LogP contribution >= 0.6 is 70.4 Å². The highest BCUT2D eigenvalue weighted by atomic mass is 31.3. The van der Waals surface area contributed by atoms with Crippen LogP contribution in [-0.4, -0.2) is 199 Å². The standard InChI is InChI=1S/2C14H21FN3O14P3.C12H18FN4O14P3/c2*1-7-6-9(19)17-13(21)18(7)12-14(16,4-3-5-15)11(20)10(29-12)8(2)30-34(25,26)32-35(27,28)31-33(22,23)24;1-6(29-33(24,25)31-34(26,27)30-32(21,22)23)8-9(19)12(14,3-2-4-13)10(28-8)17-11(20)16-7(18)5-15-17/h2*6,8,10-12,20H,5,16H2,1-2H3,(H,25,26)(H,27,28)(H,17,19,21)(H2,22,23,24);5-6,8-10,19H,4,14H2,1H3,(H,24,25)(H,26,27)(H,16,18,20)(H2,21,22,23)/t8-,10+,11-,12+,14?;8-,10-,11+,12-,14?;6-,8-,9+,10-,12?/m011/s1. The molecule has 6 rings (SSSR count). The second-order valence-electron chi connectivity index (χ2n) is 20.8. The van der Waals surface area contributed by atoms with Crippen molar-refractivity contribution in [1.82, 2.24) is 33.9 Å². The number of aromatic amines is 3. The molecule has 3 aromatic rings. The van der Waals surface area contributed by atoms with Crippen LogP contribution in [0.4, 0.5) is 13.2 Å². The normalized spacial score (nSPS) is 29.2. The first-order valence-corrected chi connectivity index (χ1v) is 40.5. The lowest BCUT2D eigenvalue weighted by Crippen LogP contribution is -2.56. The number of nitrogens with zero attached hydrogens (tertiary/aromatic N) is 4. The topological polar surface area (TPSA) is 823 Å². The number of hydrogen-bond donors (Lipinski definition) is 21.